The summed E-state index contributed by atoms with van der Waals surface area (Å²) in [7, 11) is 1.64. The standard InChI is InChI=1S/C13H12N4OS.C2H6/c1-18-10-5-3-4-8-11(16-17-12(8)10)9-6-7-14-13(15-9)19-2;1-2/h3-7H,1-2H3,(H,16,17);1-2H3. The van der Waals surface area contributed by atoms with Gasteiger partial charge in [-0.05, 0) is 18.4 Å². The van der Waals surface area contributed by atoms with Crippen molar-refractivity contribution in [1.82, 2.24) is 20.2 Å². The van der Waals surface area contributed by atoms with Gasteiger partial charge in [-0.25, -0.2) is 9.97 Å². The summed E-state index contributed by atoms with van der Waals surface area (Å²) < 4.78 is 5.31. The van der Waals surface area contributed by atoms with Crippen molar-refractivity contribution in [1.29, 1.82) is 0 Å². The van der Waals surface area contributed by atoms with Gasteiger partial charge >= 0.3 is 0 Å². The highest BCUT2D eigenvalue weighted by Crippen LogP contribution is 2.30. The summed E-state index contributed by atoms with van der Waals surface area (Å²) in [6, 6.07) is 7.70. The Bertz CT molecular complexity index is 727. The first-order valence-corrected chi connectivity index (χ1v) is 7.94. The van der Waals surface area contributed by atoms with E-state index in [1.807, 2.05) is 44.4 Å². The van der Waals surface area contributed by atoms with Crippen LogP contribution in [-0.4, -0.2) is 33.5 Å². The molecule has 0 aliphatic carbocycles. The van der Waals surface area contributed by atoms with Crippen molar-refractivity contribution in [2.75, 3.05) is 13.4 Å². The molecular formula is C15H18N4OS. The third-order valence-corrected chi connectivity index (χ3v) is 3.40. The van der Waals surface area contributed by atoms with Crippen molar-refractivity contribution in [3.63, 3.8) is 0 Å². The summed E-state index contributed by atoms with van der Waals surface area (Å²) in [5, 5.41) is 9.07. The molecule has 0 bridgehead atoms. The summed E-state index contributed by atoms with van der Waals surface area (Å²) in [4.78, 5) is 8.64. The maximum absolute atomic E-state index is 5.31. The van der Waals surface area contributed by atoms with Crippen LogP contribution in [-0.2, 0) is 0 Å². The van der Waals surface area contributed by atoms with Gasteiger partial charge in [0, 0.05) is 11.6 Å². The summed E-state index contributed by atoms with van der Waals surface area (Å²) in [5.41, 5.74) is 2.50. The lowest BCUT2D eigenvalue weighted by molar-refractivity contribution is 0.419. The SMILES string of the molecule is CC.COc1cccc2c(-c3ccnc(SC)n3)n[nH]c12. The molecule has 1 aromatic carbocycles. The molecule has 0 aliphatic heterocycles. The predicted octanol–water partition coefficient (Wildman–Crippen LogP) is 3.78. The molecule has 0 amide bonds. The molecule has 6 heteroatoms. The molecule has 0 unspecified atom stereocenters. The smallest absolute Gasteiger partial charge is 0.187 e. The number of nitrogens with one attached hydrogen (secondary N) is 1. The van der Waals surface area contributed by atoms with Gasteiger partial charge in [0.25, 0.3) is 0 Å². The van der Waals surface area contributed by atoms with E-state index in [-0.39, 0.29) is 0 Å². The van der Waals surface area contributed by atoms with Crippen LogP contribution in [0.5, 0.6) is 5.75 Å². The fraction of sp³-hybridized carbons (Fsp3) is 0.267. The number of nitrogens with zero attached hydrogens (tertiary/aromatic N) is 3. The fourth-order valence-corrected chi connectivity index (χ4v) is 2.31. The Kier molecular flexibility index (Phi) is 5.16. The van der Waals surface area contributed by atoms with Gasteiger partial charge in [-0.15, -0.1) is 0 Å². The lowest BCUT2D eigenvalue weighted by atomic mass is 10.1. The molecule has 0 spiro atoms. The molecule has 5 nitrogen and oxygen atoms in total. The number of methoxy groups -OCH3 is 1. The topological polar surface area (TPSA) is 63.7 Å². The second-order valence-electron chi connectivity index (χ2n) is 3.88. The summed E-state index contributed by atoms with van der Waals surface area (Å²) in [5.74, 6) is 0.774. The highest BCUT2D eigenvalue weighted by Gasteiger charge is 2.12. The lowest BCUT2D eigenvalue weighted by Crippen LogP contribution is -1.89. The number of hydrogen-bond acceptors (Lipinski definition) is 5. The van der Waals surface area contributed by atoms with E-state index in [9.17, 15) is 0 Å². The molecule has 0 saturated carbocycles. The number of thioether (sulfide) groups is 1. The molecule has 21 heavy (non-hydrogen) atoms. The van der Waals surface area contributed by atoms with Crippen LogP contribution in [0.4, 0.5) is 0 Å². The average molecular weight is 302 g/mol. The third kappa shape index (κ3) is 3.00. The summed E-state index contributed by atoms with van der Waals surface area (Å²) in [6.07, 6.45) is 3.69. The van der Waals surface area contributed by atoms with Gasteiger partial charge in [0.1, 0.15) is 17.0 Å². The Hall–Kier alpha value is -2.08. The van der Waals surface area contributed by atoms with Crippen LogP contribution in [0.3, 0.4) is 0 Å². The number of hydrogen-bond donors (Lipinski definition) is 1. The first-order valence-electron chi connectivity index (χ1n) is 6.72. The Morgan fingerprint density at radius 3 is 2.71 bits per heavy atom. The molecular weight excluding hydrogens is 284 g/mol. The number of H-pyrrole nitrogens is 1. The lowest BCUT2D eigenvalue weighted by Gasteiger charge is -2.01. The van der Waals surface area contributed by atoms with Crippen LogP contribution in [0.15, 0.2) is 35.6 Å². The second kappa shape index (κ2) is 7.08. The Morgan fingerprint density at radius 2 is 2.00 bits per heavy atom. The van der Waals surface area contributed by atoms with Crippen molar-refractivity contribution in [3.8, 4) is 17.1 Å². The number of fused-ring (bicyclic) bond motifs is 1. The molecule has 2 heterocycles. The molecule has 0 radical (unpaired) electrons. The van der Waals surface area contributed by atoms with Gasteiger partial charge in [0.2, 0.25) is 0 Å². The number of aromatic amines is 1. The molecule has 0 atom stereocenters. The van der Waals surface area contributed by atoms with Gasteiger partial charge < -0.3 is 4.74 Å². The Morgan fingerprint density at radius 1 is 1.19 bits per heavy atom. The first-order chi connectivity index (χ1) is 10.3. The number of para-hydroxylation sites is 1. The van der Waals surface area contributed by atoms with Crippen LogP contribution in [0.2, 0.25) is 0 Å². The van der Waals surface area contributed by atoms with Crippen LogP contribution >= 0.6 is 11.8 Å². The van der Waals surface area contributed by atoms with Crippen LogP contribution < -0.4 is 4.74 Å². The van der Waals surface area contributed by atoms with Gasteiger partial charge in [-0.1, -0.05) is 37.7 Å². The van der Waals surface area contributed by atoms with E-state index >= 15 is 0 Å². The zero-order chi connectivity index (χ0) is 15.2. The monoisotopic (exact) mass is 302 g/mol. The summed E-state index contributed by atoms with van der Waals surface area (Å²) in [6.45, 7) is 4.00. The largest absolute Gasteiger partial charge is 0.494 e. The highest BCUT2D eigenvalue weighted by atomic mass is 32.2. The van der Waals surface area contributed by atoms with E-state index in [0.29, 0.717) is 0 Å². The van der Waals surface area contributed by atoms with Gasteiger partial charge in [0.15, 0.2) is 5.16 Å². The number of aromatic nitrogens is 4. The summed E-state index contributed by atoms with van der Waals surface area (Å²) >= 11 is 1.51. The van der Waals surface area contributed by atoms with Crippen LogP contribution in [0.1, 0.15) is 13.8 Å². The van der Waals surface area contributed by atoms with E-state index in [1.54, 1.807) is 13.3 Å². The van der Waals surface area contributed by atoms with Gasteiger partial charge in [-0.2, -0.15) is 5.10 Å². The van der Waals surface area contributed by atoms with Crippen LogP contribution in [0, 0.1) is 0 Å². The van der Waals surface area contributed by atoms with Crippen molar-refractivity contribution < 1.29 is 4.74 Å². The van der Waals surface area contributed by atoms with Crippen molar-refractivity contribution in [2.45, 2.75) is 19.0 Å². The van der Waals surface area contributed by atoms with E-state index in [1.165, 1.54) is 11.8 Å². The number of benzene rings is 1. The minimum Gasteiger partial charge on any atom is -0.494 e. The molecule has 2 aromatic heterocycles. The fourth-order valence-electron chi connectivity index (χ4n) is 1.95. The van der Waals surface area contributed by atoms with Crippen LogP contribution in [0.25, 0.3) is 22.3 Å². The van der Waals surface area contributed by atoms with Gasteiger partial charge in [-0.3, -0.25) is 5.10 Å². The molecule has 110 valence electrons. The first kappa shape index (κ1) is 15.3. The van der Waals surface area contributed by atoms with Crippen molar-refractivity contribution in [3.05, 3.63) is 30.5 Å². The van der Waals surface area contributed by atoms with Gasteiger partial charge in [0.05, 0.1) is 12.8 Å². The Labute approximate surface area is 128 Å². The van der Waals surface area contributed by atoms with E-state index in [2.05, 4.69) is 20.2 Å². The third-order valence-electron chi connectivity index (χ3n) is 2.84. The molecule has 3 aromatic rings. The maximum Gasteiger partial charge on any atom is 0.187 e. The second-order valence-corrected chi connectivity index (χ2v) is 4.66. The van der Waals surface area contributed by atoms with E-state index in [4.69, 9.17) is 4.74 Å². The number of ether oxygens (including phenoxy) is 1. The minimum atomic E-state index is 0.733. The Balaban J connectivity index is 0.000000774. The molecule has 0 fully saturated rings. The van der Waals surface area contributed by atoms with Crippen molar-refractivity contribution in [2.24, 2.45) is 0 Å². The maximum atomic E-state index is 5.31. The average Bonchev–Trinajstić information content (AvgIpc) is 3.00. The zero-order valence-electron chi connectivity index (χ0n) is 12.5. The quantitative estimate of drug-likeness (QED) is 0.589. The highest BCUT2D eigenvalue weighted by molar-refractivity contribution is 7.98. The molecule has 0 aliphatic rings. The zero-order valence-corrected chi connectivity index (χ0v) is 13.4. The molecule has 1 N–H and O–H groups in total. The van der Waals surface area contributed by atoms with Crippen molar-refractivity contribution >= 4 is 22.7 Å². The molecule has 3 rings (SSSR count). The number of rotatable bonds is 3. The van der Waals surface area contributed by atoms with E-state index in [0.717, 1.165) is 33.2 Å². The van der Waals surface area contributed by atoms with E-state index < -0.39 is 0 Å². The minimum absolute atomic E-state index is 0.733. The predicted molar refractivity (Wildman–Crippen MR) is 86.8 cm³/mol. The molecule has 0 saturated heterocycles. The normalized spacial score (nSPS) is 10.1.